The van der Waals surface area contributed by atoms with Crippen molar-refractivity contribution in [3.8, 4) is 0 Å². The zero-order valence-corrected chi connectivity index (χ0v) is 6.15. The summed E-state index contributed by atoms with van der Waals surface area (Å²) in [5, 5.41) is 0. The topological polar surface area (TPSA) is 18.5 Å². The van der Waals surface area contributed by atoms with Crippen LogP contribution in [-0.2, 0) is 9.47 Å². The van der Waals surface area contributed by atoms with Gasteiger partial charge in [-0.05, 0) is 6.42 Å². The van der Waals surface area contributed by atoms with Crippen LogP contribution in [0.5, 0.6) is 0 Å². The maximum Gasteiger partial charge on any atom is 0.386 e. The summed E-state index contributed by atoms with van der Waals surface area (Å²) in [6, 6.07) is 0. The van der Waals surface area contributed by atoms with Crippen LogP contribution in [0.3, 0.4) is 0 Å². The second-order valence-electron chi connectivity index (χ2n) is 1.86. The minimum atomic E-state index is -3.76. The summed E-state index contributed by atoms with van der Waals surface area (Å²) in [5.74, 6) is 0. The van der Waals surface area contributed by atoms with Gasteiger partial charge in [0.05, 0.1) is 0 Å². The van der Waals surface area contributed by atoms with Gasteiger partial charge in [0, 0.05) is 6.61 Å². The predicted molar refractivity (Wildman–Crippen MR) is 32.5 cm³/mol. The first-order valence-electron chi connectivity index (χ1n) is 3.17. The van der Waals surface area contributed by atoms with Crippen LogP contribution in [0.15, 0.2) is 0 Å². The molecule has 0 saturated carbocycles. The largest absolute Gasteiger partial charge is 0.386 e. The number of rotatable bonds is 6. The van der Waals surface area contributed by atoms with Crippen LogP contribution in [-0.4, -0.2) is 19.4 Å². The Morgan fingerprint density at radius 3 is 2.55 bits per heavy atom. The maximum absolute atomic E-state index is 11.9. The van der Waals surface area contributed by atoms with Gasteiger partial charge in [0.1, 0.15) is 0 Å². The van der Waals surface area contributed by atoms with Gasteiger partial charge in [-0.1, -0.05) is 6.92 Å². The lowest BCUT2D eigenvalue weighted by Crippen LogP contribution is -2.22. The first-order chi connectivity index (χ1) is 5.12. The predicted octanol–water partition coefficient (Wildman–Crippen LogP) is 2.11. The smallest absolute Gasteiger partial charge is 0.348 e. The van der Waals surface area contributed by atoms with E-state index in [0.29, 0.717) is 13.2 Å². The van der Waals surface area contributed by atoms with E-state index in [4.69, 9.17) is 0 Å². The molecule has 0 bridgehead atoms. The molecular formula is C6H10F3O2. The van der Waals surface area contributed by atoms with Gasteiger partial charge in [-0.3, -0.25) is 4.74 Å². The molecule has 0 aromatic heterocycles. The standard InChI is InChI=1S/C6H10F3O2/c1-2-3-10-5-11-6(8,9)4-7/h5H,2-4H2,1H3. The summed E-state index contributed by atoms with van der Waals surface area (Å²) in [4.78, 5) is 0. The van der Waals surface area contributed by atoms with E-state index in [-0.39, 0.29) is 6.61 Å². The molecule has 0 fully saturated rings. The SMILES string of the molecule is CCCO[CH]OC(F)(F)CF. The van der Waals surface area contributed by atoms with Gasteiger partial charge in [0.2, 0.25) is 6.79 Å². The first-order valence-corrected chi connectivity index (χ1v) is 3.17. The molecule has 0 aromatic rings. The van der Waals surface area contributed by atoms with Gasteiger partial charge < -0.3 is 4.74 Å². The van der Waals surface area contributed by atoms with Crippen molar-refractivity contribution in [2.24, 2.45) is 0 Å². The summed E-state index contributed by atoms with van der Waals surface area (Å²) >= 11 is 0. The van der Waals surface area contributed by atoms with Crippen LogP contribution in [0.4, 0.5) is 13.2 Å². The Kier molecular flexibility index (Phi) is 5.23. The van der Waals surface area contributed by atoms with Crippen LogP contribution in [0.1, 0.15) is 13.3 Å². The Bertz CT molecular complexity index is 97.8. The molecular weight excluding hydrogens is 161 g/mol. The van der Waals surface area contributed by atoms with Crippen molar-refractivity contribution in [3.63, 3.8) is 0 Å². The third-order valence-electron chi connectivity index (χ3n) is 0.766. The number of ether oxygens (including phenoxy) is 2. The lowest BCUT2D eigenvalue weighted by Gasteiger charge is -2.11. The van der Waals surface area contributed by atoms with Crippen molar-refractivity contribution in [2.45, 2.75) is 19.5 Å². The lowest BCUT2D eigenvalue weighted by molar-refractivity contribution is -0.252. The molecule has 0 saturated heterocycles. The van der Waals surface area contributed by atoms with Gasteiger partial charge in [-0.25, -0.2) is 4.39 Å². The minimum Gasteiger partial charge on any atom is -0.348 e. The molecule has 0 atom stereocenters. The van der Waals surface area contributed by atoms with Gasteiger partial charge >= 0.3 is 6.11 Å². The van der Waals surface area contributed by atoms with Gasteiger partial charge in [0.15, 0.2) is 6.67 Å². The van der Waals surface area contributed by atoms with Crippen molar-refractivity contribution >= 4 is 0 Å². The molecule has 2 nitrogen and oxygen atoms in total. The van der Waals surface area contributed by atoms with Gasteiger partial charge in [-0.2, -0.15) is 8.78 Å². The van der Waals surface area contributed by atoms with Crippen molar-refractivity contribution in [1.82, 2.24) is 0 Å². The average molecular weight is 171 g/mol. The van der Waals surface area contributed by atoms with Crippen molar-refractivity contribution in [3.05, 3.63) is 6.79 Å². The summed E-state index contributed by atoms with van der Waals surface area (Å²) in [6.45, 7) is 0.700. The molecule has 1 radical (unpaired) electrons. The second kappa shape index (κ2) is 5.37. The zero-order chi connectivity index (χ0) is 8.74. The highest BCUT2D eigenvalue weighted by Gasteiger charge is 2.30. The Labute approximate surface area is 63.3 Å². The second-order valence-corrected chi connectivity index (χ2v) is 1.86. The molecule has 0 spiro atoms. The Morgan fingerprint density at radius 1 is 1.45 bits per heavy atom. The van der Waals surface area contributed by atoms with E-state index in [2.05, 4.69) is 9.47 Å². The Morgan fingerprint density at radius 2 is 2.09 bits per heavy atom. The first kappa shape index (κ1) is 10.7. The average Bonchev–Trinajstić information content (AvgIpc) is 1.99. The fourth-order valence-electron chi connectivity index (χ4n) is 0.302. The molecule has 0 aliphatic carbocycles. The molecule has 0 heterocycles. The highest BCUT2D eigenvalue weighted by molar-refractivity contribution is 4.48. The molecule has 0 N–H and O–H groups in total. The Hall–Kier alpha value is -0.290. The summed E-state index contributed by atoms with van der Waals surface area (Å²) in [7, 11) is 0. The monoisotopic (exact) mass is 171 g/mol. The van der Waals surface area contributed by atoms with Crippen molar-refractivity contribution < 1.29 is 22.6 Å². The number of alkyl halides is 3. The van der Waals surface area contributed by atoms with E-state index in [9.17, 15) is 13.2 Å². The van der Waals surface area contributed by atoms with Crippen molar-refractivity contribution in [2.75, 3.05) is 13.3 Å². The number of hydrogen-bond acceptors (Lipinski definition) is 2. The molecule has 0 amide bonds. The molecule has 0 aromatic carbocycles. The number of halogens is 3. The van der Waals surface area contributed by atoms with Crippen molar-refractivity contribution in [1.29, 1.82) is 0 Å². The summed E-state index contributed by atoms with van der Waals surface area (Å²) in [5.41, 5.74) is 0. The highest BCUT2D eigenvalue weighted by Crippen LogP contribution is 2.16. The third kappa shape index (κ3) is 6.12. The molecule has 11 heavy (non-hydrogen) atoms. The molecule has 0 rings (SSSR count). The third-order valence-corrected chi connectivity index (χ3v) is 0.766. The van der Waals surface area contributed by atoms with Crippen LogP contribution < -0.4 is 0 Å². The minimum absolute atomic E-state index is 0.280. The van der Waals surface area contributed by atoms with Crippen LogP contribution in [0.25, 0.3) is 0 Å². The van der Waals surface area contributed by atoms with Gasteiger partial charge in [0.25, 0.3) is 0 Å². The quantitative estimate of drug-likeness (QED) is 0.570. The van der Waals surface area contributed by atoms with Gasteiger partial charge in [-0.15, -0.1) is 0 Å². The molecule has 0 aliphatic rings. The summed E-state index contributed by atoms with van der Waals surface area (Å²) < 4.78 is 43.1. The van der Waals surface area contributed by atoms with Crippen LogP contribution in [0.2, 0.25) is 0 Å². The fourth-order valence-corrected chi connectivity index (χ4v) is 0.302. The number of hydrogen-bond donors (Lipinski definition) is 0. The molecule has 67 valence electrons. The molecule has 5 heteroatoms. The highest BCUT2D eigenvalue weighted by atomic mass is 19.3. The normalized spacial score (nSPS) is 12.0. The van der Waals surface area contributed by atoms with E-state index in [1.807, 2.05) is 0 Å². The van der Waals surface area contributed by atoms with E-state index < -0.39 is 12.8 Å². The van der Waals surface area contributed by atoms with E-state index in [1.165, 1.54) is 0 Å². The molecule has 0 unspecified atom stereocenters. The molecule has 0 aliphatic heterocycles. The summed E-state index contributed by atoms with van der Waals surface area (Å²) in [6.07, 6.45) is -3.07. The maximum atomic E-state index is 11.9. The lowest BCUT2D eigenvalue weighted by atomic mass is 10.5. The van der Waals surface area contributed by atoms with E-state index in [0.717, 1.165) is 0 Å². The van der Waals surface area contributed by atoms with Crippen LogP contribution >= 0.6 is 0 Å². The Balaban J connectivity index is 3.23. The van der Waals surface area contributed by atoms with Crippen LogP contribution in [0, 0.1) is 6.79 Å². The van der Waals surface area contributed by atoms with E-state index in [1.54, 1.807) is 6.92 Å². The fraction of sp³-hybridized carbons (Fsp3) is 0.833. The zero-order valence-electron chi connectivity index (χ0n) is 6.15. The van der Waals surface area contributed by atoms with E-state index >= 15 is 0 Å².